The summed E-state index contributed by atoms with van der Waals surface area (Å²) < 4.78 is 6.73. The molecule has 0 bridgehead atoms. The Morgan fingerprint density at radius 2 is 2.15 bits per heavy atom. The number of anilines is 1. The van der Waals surface area contributed by atoms with Crippen molar-refractivity contribution < 1.29 is 4.74 Å². The van der Waals surface area contributed by atoms with E-state index in [4.69, 9.17) is 4.74 Å². The molecular formula is C15H19N3O2. The van der Waals surface area contributed by atoms with Gasteiger partial charge in [0.1, 0.15) is 0 Å². The normalized spacial score (nSPS) is 10.5. The summed E-state index contributed by atoms with van der Waals surface area (Å²) in [4.78, 5) is 16.1. The second-order valence-corrected chi connectivity index (χ2v) is 4.47. The quantitative estimate of drug-likeness (QED) is 0.875. The highest BCUT2D eigenvalue weighted by Crippen LogP contribution is 2.07. The monoisotopic (exact) mass is 273 g/mol. The van der Waals surface area contributed by atoms with Crippen molar-refractivity contribution in [3.8, 4) is 0 Å². The van der Waals surface area contributed by atoms with Crippen LogP contribution in [0.2, 0.25) is 0 Å². The van der Waals surface area contributed by atoms with E-state index in [9.17, 15) is 4.79 Å². The molecule has 1 heterocycles. The van der Waals surface area contributed by atoms with Gasteiger partial charge in [-0.3, -0.25) is 4.79 Å². The number of hydrogen-bond donors (Lipinski definition) is 1. The number of nitrogens with zero attached hydrogens (tertiary/aromatic N) is 2. The average molecular weight is 273 g/mol. The van der Waals surface area contributed by atoms with E-state index in [0.29, 0.717) is 25.5 Å². The fourth-order valence-electron chi connectivity index (χ4n) is 2.00. The SMILES string of the molecule is CCn1ccnc(NCc2cccc(COC)c2)c1=O. The van der Waals surface area contributed by atoms with Gasteiger partial charge in [0.05, 0.1) is 6.61 Å². The van der Waals surface area contributed by atoms with Crippen LogP contribution in [0.1, 0.15) is 18.1 Å². The van der Waals surface area contributed by atoms with E-state index in [1.165, 1.54) is 0 Å². The van der Waals surface area contributed by atoms with Crippen molar-refractivity contribution in [2.45, 2.75) is 26.6 Å². The van der Waals surface area contributed by atoms with Crippen LogP contribution in [0.3, 0.4) is 0 Å². The molecule has 1 aromatic carbocycles. The second-order valence-electron chi connectivity index (χ2n) is 4.47. The van der Waals surface area contributed by atoms with Gasteiger partial charge in [-0.15, -0.1) is 0 Å². The van der Waals surface area contributed by atoms with Crippen molar-refractivity contribution >= 4 is 5.82 Å². The van der Waals surface area contributed by atoms with Crippen LogP contribution in [0.15, 0.2) is 41.5 Å². The average Bonchev–Trinajstić information content (AvgIpc) is 2.47. The van der Waals surface area contributed by atoms with Gasteiger partial charge in [0, 0.05) is 32.6 Å². The Labute approximate surface area is 118 Å². The molecule has 2 rings (SSSR count). The number of rotatable bonds is 6. The molecule has 0 radical (unpaired) electrons. The largest absolute Gasteiger partial charge is 0.380 e. The van der Waals surface area contributed by atoms with Crippen molar-refractivity contribution in [2.75, 3.05) is 12.4 Å². The fraction of sp³-hybridized carbons (Fsp3) is 0.333. The van der Waals surface area contributed by atoms with Gasteiger partial charge >= 0.3 is 0 Å². The lowest BCUT2D eigenvalue weighted by atomic mass is 10.1. The van der Waals surface area contributed by atoms with Crippen LogP contribution in [0.5, 0.6) is 0 Å². The van der Waals surface area contributed by atoms with E-state index in [1.807, 2.05) is 25.1 Å². The molecule has 0 unspecified atom stereocenters. The first-order valence-electron chi connectivity index (χ1n) is 6.60. The molecule has 5 nitrogen and oxygen atoms in total. The van der Waals surface area contributed by atoms with Crippen molar-refractivity contribution in [1.29, 1.82) is 0 Å². The third kappa shape index (κ3) is 3.45. The van der Waals surface area contributed by atoms with E-state index < -0.39 is 0 Å². The predicted molar refractivity (Wildman–Crippen MR) is 78.7 cm³/mol. The van der Waals surface area contributed by atoms with Crippen LogP contribution in [0.4, 0.5) is 5.82 Å². The Hall–Kier alpha value is -2.14. The maximum Gasteiger partial charge on any atom is 0.293 e. The van der Waals surface area contributed by atoms with Crippen LogP contribution in [-0.4, -0.2) is 16.7 Å². The predicted octanol–water partition coefficient (Wildman–Crippen LogP) is 2.02. The van der Waals surface area contributed by atoms with Crippen LogP contribution in [0.25, 0.3) is 0 Å². The molecule has 0 aliphatic carbocycles. The molecule has 106 valence electrons. The number of nitrogens with one attached hydrogen (secondary N) is 1. The summed E-state index contributed by atoms with van der Waals surface area (Å²) in [6, 6.07) is 8.05. The van der Waals surface area contributed by atoms with Gasteiger partial charge in [0.2, 0.25) is 0 Å². The molecule has 0 saturated carbocycles. The first-order chi connectivity index (χ1) is 9.74. The van der Waals surface area contributed by atoms with Gasteiger partial charge in [-0.25, -0.2) is 4.98 Å². The van der Waals surface area contributed by atoms with Gasteiger partial charge in [0.25, 0.3) is 5.56 Å². The number of hydrogen-bond acceptors (Lipinski definition) is 4. The molecule has 0 spiro atoms. The number of aryl methyl sites for hydroxylation is 1. The number of ether oxygens (including phenoxy) is 1. The minimum absolute atomic E-state index is 0.0944. The molecule has 0 aliphatic heterocycles. The molecule has 0 fully saturated rings. The zero-order chi connectivity index (χ0) is 14.4. The molecule has 20 heavy (non-hydrogen) atoms. The number of aromatic nitrogens is 2. The summed E-state index contributed by atoms with van der Waals surface area (Å²) in [5.74, 6) is 0.381. The van der Waals surface area contributed by atoms with Gasteiger partial charge < -0.3 is 14.6 Å². The highest BCUT2D eigenvalue weighted by Gasteiger charge is 2.03. The molecular weight excluding hydrogens is 254 g/mol. The summed E-state index contributed by atoms with van der Waals surface area (Å²) >= 11 is 0. The Morgan fingerprint density at radius 1 is 1.35 bits per heavy atom. The van der Waals surface area contributed by atoms with Crippen molar-refractivity contribution in [1.82, 2.24) is 9.55 Å². The summed E-state index contributed by atoms with van der Waals surface area (Å²) in [6.07, 6.45) is 3.32. The van der Waals surface area contributed by atoms with Gasteiger partial charge in [0.15, 0.2) is 5.82 Å². The minimum Gasteiger partial charge on any atom is -0.380 e. The summed E-state index contributed by atoms with van der Waals surface area (Å²) in [5.41, 5.74) is 2.11. The number of methoxy groups -OCH3 is 1. The van der Waals surface area contributed by atoms with Crippen LogP contribution in [0, 0.1) is 0 Å². The highest BCUT2D eigenvalue weighted by atomic mass is 16.5. The lowest BCUT2D eigenvalue weighted by Gasteiger charge is -2.08. The Kier molecular flexibility index (Phi) is 4.90. The van der Waals surface area contributed by atoms with E-state index in [1.54, 1.807) is 24.1 Å². The lowest BCUT2D eigenvalue weighted by molar-refractivity contribution is 0.185. The summed E-state index contributed by atoms with van der Waals surface area (Å²) in [6.45, 7) is 3.71. The zero-order valence-corrected chi connectivity index (χ0v) is 11.8. The zero-order valence-electron chi connectivity index (χ0n) is 11.8. The molecule has 2 aromatic rings. The topological polar surface area (TPSA) is 56.1 Å². The van der Waals surface area contributed by atoms with Crippen molar-refractivity contribution in [3.05, 3.63) is 58.1 Å². The van der Waals surface area contributed by atoms with Gasteiger partial charge in [-0.05, 0) is 18.1 Å². The second kappa shape index (κ2) is 6.86. The minimum atomic E-state index is -0.0944. The van der Waals surface area contributed by atoms with E-state index >= 15 is 0 Å². The first-order valence-corrected chi connectivity index (χ1v) is 6.60. The summed E-state index contributed by atoms with van der Waals surface area (Å²) in [5, 5.41) is 3.09. The van der Waals surface area contributed by atoms with Crippen molar-refractivity contribution in [3.63, 3.8) is 0 Å². The van der Waals surface area contributed by atoms with E-state index in [-0.39, 0.29) is 5.56 Å². The molecule has 0 aliphatic rings. The molecule has 0 amide bonds. The molecule has 1 aromatic heterocycles. The van der Waals surface area contributed by atoms with Crippen LogP contribution in [-0.2, 0) is 24.4 Å². The first kappa shape index (κ1) is 14.3. The Bertz CT molecular complexity index is 623. The fourth-order valence-corrected chi connectivity index (χ4v) is 2.00. The van der Waals surface area contributed by atoms with E-state index in [2.05, 4.69) is 16.4 Å². The Balaban J connectivity index is 2.09. The smallest absolute Gasteiger partial charge is 0.293 e. The summed E-state index contributed by atoms with van der Waals surface area (Å²) in [7, 11) is 1.67. The van der Waals surface area contributed by atoms with Gasteiger partial charge in [-0.2, -0.15) is 0 Å². The standard InChI is InChI=1S/C15H19N3O2/c1-3-18-8-7-16-14(15(18)19)17-10-12-5-4-6-13(9-12)11-20-2/h4-9H,3,10-11H2,1-2H3,(H,16,17). The highest BCUT2D eigenvalue weighted by molar-refractivity contribution is 5.33. The maximum absolute atomic E-state index is 12.0. The molecule has 0 saturated heterocycles. The van der Waals surface area contributed by atoms with Gasteiger partial charge in [-0.1, -0.05) is 24.3 Å². The molecule has 5 heteroatoms. The van der Waals surface area contributed by atoms with Crippen LogP contribution >= 0.6 is 0 Å². The number of benzene rings is 1. The molecule has 1 N–H and O–H groups in total. The Morgan fingerprint density at radius 3 is 2.90 bits per heavy atom. The van der Waals surface area contributed by atoms with Crippen molar-refractivity contribution in [2.24, 2.45) is 0 Å². The lowest BCUT2D eigenvalue weighted by Crippen LogP contribution is -2.23. The molecule has 0 atom stereocenters. The third-order valence-corrected chi connectivity index (χ3v) is 3.02. The van der Waals surface area contributed by atoms with E-state index in [0.717, 1.165) is 11.1 Å². The van der Waals surface area contributed by atoms with Crippen LogP contribution < -0.4 is 10.9 Å². The third-order valence-electron chi connectivity index (χ3n) is 3.02. The maximum atomic E-state index is 12.0.